The van der Waals surface area contributed by atoms with Crippen LogP contribution in [0.25, 0.3) is 0 Å². The van der Waals surface area contributed by atoms with Gasteiger partial charge in [0, 0.05) is 53.4 Å². The van der Waals surface area contributed by atoms with Crippen molar-refractivity contribution in [3.05, 3.63) is 31.8 Å². The maximum Gasteiger partial charge on any atom is 0.255 e. The fourth-order valence-electron chi connectivity index (χ4n) is 2.73. The summed E-state index contributed by atoms with van der Waals surface area (Å²) in [4.78, 5) is 16.9. The van der Waals surface area contributed by atoms with Crippen LogP contribution in [0.5, 0.6) is 0 Å². The average Bonchev–Trinajstić information content (AvgIpc) is 2.41. The lowest BCUT2D eigenvalue weighted by molar-refractivity contribution is 0.0226. The second kappa shape index (κ2) is 6.29. The van der Waals surface area contributed by atoms with Gasteiger partial charge in [0.05, 0.1) is 5.56 Å². The topological polar surface area (TPSA) is 35.6 Å². The summed E-state index contributed by atoms with van der Waals surface area (Å²) >= 11 is 5.72. The van der Waals surface area contributed by atoms with Gasteiger partial charge < -0.3 is 10.2 Å². The average molecular weight is 450 g/mol. The largest absolute Gasteiger partial charge is 0.335 e. The van der Waals surface area contributed by atoms with Crippen LogP contribution in [-0.2, 0) is 0 Å². The van der Waals surface area contributed by atoms with Crippen molar-refractivity contribution in [2.75, 3.05) is 39.3 Å². The number of benzene rings is 1. The van der Waals surface area contributed by atoms with Gasteiger partial charge in [-0.1, -0.05) is 0 Å². The lowest BCUT2D eigenvalue weighted by Gasteiger charge is -2.46. The quantitative estimate of drug-likeness (QED) is 0.699. The molecular weight excluding hydrogens is 433 g/mol. The molecule has 20 heavy (non-hydrogen) atoms. The Labute approximate surface area is 141 Å². The van der Waals surface area contributed by atoms with E-state index in [1.807, 2.05) is 23.1 Å². The monoisotopic (exact) mass is 449 g/mol. The summed E-state index contributed by atoms with van der Waals surface area (Å²) in [5.41, 5.74) is 0.774. The smallest absolute Gasteiger partial charge is 0.255 e. The first-order chi connectivity index (χ1) is 9.65. The molecule has 1 amide bonds. The van der Waals surface area contributed by atoms with Crippen molar-refractivity contribution >= 4 is 44.4 Å². The lowest BCUT2D eigenvalue weighted by atomic mass is 10.0. The number of nitrogens with zero attached hydrogens (tertiary/aromatic N) is 2. The lowest BCUT2D eigenvalue weighted by Crippen LogP contribution is -2.63. The van der Waals surface area contributed by atoms with Gasteiger partial charge in [-0.25, -0.2) is 0 Å². The van der Waals surface area contributed by atoms with E-state index in [-0.39, 0.29) is 5.91 Å². The highest BCUT2D eigenvalue weighted by atomic mass is 127. The third-order valence-electron chi connectivity index (χ3n) is 3.98. The van der Waals surface area contributed by atoms with E-state index in [4.69, 9.17) is 0 Å². The van der Waals surface area contributed by atoms with Gasteiger partial charge in [-0.3, -0.25) is 9.69 Å². The summed E-state index contributed by atoms with van der Waals surface area (Å²) in [7, 11) is 0. The molecular formula is C14H17BrIN3O. The third kappa shape index (κ3) is 3.03. The minimum atomic E-state index is 0.141. The second-order valence-electron chi connectivity index (χ2n) is 5.27. The Morgan fingerprint density at radius 2 is 2.00 bits per heavy atom. The van der Waals surface area contributed by atoms with E-state index in [1.165, 1.54) is 0 Å². The number of piperazine rings is 1. The van der Waals surface area contributed by atoms with Gasteiger partial charge in [0.25, 0.3) is 5.91 Å². The third-order valence-corrected chi connectivity index (χ3v) is 5.34. The van der Waals surface area contributed by atoms with Crippen LogP contribution >= 0.6 is 38.5 Å². The van der Waals surface area contributed by atoms with Crippen molar-refractivity contribution in [1.82, 2.24) is 15.1 Å². The maximum atomic E-state index is 12.5. The van der Waals surface area contributed by atoms with E-state index >= 15 is 0 Å². The normalized spacial score (nSPS) is 20.8. The highest BCUT2D eigenvalue weighted by molar-refractivity contribution is 14.1. The summed E-state index contributed by atoms with van der Waals surface area (Å²) in [5, 5.41) is 3.36. The Hall–Kier alpha value is -0.180. The molecule has 2 fully saturated rings. The van der Waals surface area contributed by atoms with Crippen LogP contribution < -0.4 is 5.32 Å². The van der Waals surface area contributed by atoms with Crippen LogP contribution in [0, 0.1) is 3.57 Å². The molecule has 3 rings (SSSR count). The minimum absolute atomic E-state index is 0.141. The summed E-state index contributed by atoms with van der Waals surface area (Å²) in [6.07, 6.45) is 0. The molecule has 0 radical (unpaired) electrons. The van der Waals surface area contributed by atoms with Gasteiger partial charge in [-0.05, 0) is 56.7 Å². The van der Waals surface area contributed by atoms with E-state index in [0.717, 1.165) is 52.9 Å². The van der Waals surface area contributed by atoms with Crippen molar-refractivity contribution in [3.63, 3.8) is 0 Å². The molecule has 0 spiro atoms. The molecule has 1 aromatic carbocycles. The number of likely N-dealkylation sites (tertiary alicyclic amines) is 1. The summed E-state index contributed by atoms with van der Waals surface area (Å²) < 4.78 is 1.97. The van der Waals surface area contributed by atoms with Crippen LogP contribution in [0.4, 0.5) is 0 Å². The van der Waals surface area contributed by atoms with Crippen molar-refractivity contribution < 1.29 is 4.79 Å². The molecule has 6 heteroatoms. The zero-order chi connectivity index (χ0) is 14.1. The molecule has 1 N–H and O–H groups in total. The van der Waals surface area contributed by atoms with Crippen LogP contribution in [-0.4, -0.2) is 61.0 Å². The predicted octanol–water partition coefficient (Wildman–Crippen LogP) is 1.78. The van der Waals surface area contributed by atoms with Crippen molar-refractivity contribution in [2.45, 2.75) is 6.04 Å². The molecule has 0 aliphatic carbocycles. The van der Waals surface area contributed by atoms with Crippen LogP contribution in [0.15, 0.2) is 22.7 Å². The molecule has 2 saturated heterocycles. The van der Waals surface area contributed by atoms with E-state index < -0.39 is 0 Å². The molecule has 2 aliphatic heterocycles. The Kier molecular flexibility index (Phi) is 4.64. The Morgan fingerprint density at radius 1 is 1.30 bits per heavy atom. The van der Waals surface area contributed by atoms with E-state index in [0.29, 0.717) is 6.04 Å². The van der Waals surface area contributed by atoms with Crippen LogP contribution in [0.1, 0.15) is 10.4 Å². The molecule has 2 aliphatic rings. The number of hydrogen-bond donors (Lipinski definition) is 1. The van der Waals surface area contributed by atoms with Gasteiger partial charge in [-0.15, -0.1) is 0 Å². The highest BCUT2D eigenvalue weighted by Crippen LogP contribution is 2.24. The minimum Gasteiger partial charge on any atom is -0.335 e. The molecule has 0 saturated carbocycles. The summed E-state index contributed by atoms with van der Waals surface area (Å²) in [6.45, 7) is 6.03. The SMILES string of the molecule is O=C(c1cc(I)ccc1Br)N1CC(N2CCNCC2)C1. The number of amides is 1. The number of nitrogens with one attached hydrogen (secondary N) is 1. The Morgan fingerprint density at radius 3 is 2.70 bits per heavy atom. The second-order valence-corrected chi connectivity index (χ2v) is 7.37. The molecule has 0 bridgehead atoms. The first-order valence-electron chi connectivity index (χ1n) is 6.84. The number of carbonyl (C=O) groups excluding carboxylic acids is 1. The summed E-state index contributed by atoms with van der Waals surface area (Å²) in [6, 6.07) is 6.44. The van der Waals surface area contributed by atoms with E-state index in [9.17, 15) is 4.79 Å². The maximum absolute atomic E-state index is 12.5. The number of rotatable bonds is 2. The fraction of sp³-hybridized carbons (Fsp3) is 0.500. The van der Waals surface area contributed by atoms with Crippen molar-refractivity contribution in [3.8, 4) is 0 Å². The van der Waals surface area contributed by atoms with Crippen molar-refractivity contribution in [1.29, 1.82) is 0 Å². The number of hydrogen-bond acceptors (Lipinski definition) is 3. The van der Waals surface area contributed by atoms with Crippen LogP contribution in [0.3, 0.4) is 0 Å². The van der Waals surface area contributed by atoms with Gasteiger partial charge in [0.1, 0.15) is 0 Å². The number of carbonyl (C=O) groups is 1. The van der Waals surface area contributed by atoms with Gasteiger partial charge in [-0.2, -0.15) is 0 Å². The molecule has 2 heterocycles. The standard InChI is InChI=1S/C14H17BrIN3O/c15-13-2-1-10(16)7-12(13)14(20)19-8-11(9-19)18-5-3-17-4-6-18/h1-2,7,11,17H,3-6,8-9H2. The van der Waals surface area contributed by atoms with Crippen LogP contribution in [0.2, 0.25) is 0 Å². The predicted molar refractivity (Wildman–Crippen MR) is 91.0 cm³/mol. The zero-order valence-electron chi connectivity index (χ0n) is 11.1. The highest BCUT2D eigenvalue weighted by Gasteiger charge is 2.35. The first-order valence-corrected chi connectivity index (χ1v) is 8.71. The molecule has 108 valence electrons. The van der Waals surface area contributed by atoms with Gasteiger partial charge in [0.15, 0.2) is 0 Å². The molecule has 0 unspecified atom stereocenters. The molecule has 0 aromatic heterocycles. The molecule has 0 atom stereocenters. The fourth-order valence-corrected chi connectivity index (χ4v) is 3.64. The van der Waals surface area contributed by atoms with Gasteiger partial charge >= 0.3 is 0 Å². The van der Waals surface area contributed by atoms with E-state index in [1.54, 1.807) is 0 Å². The molecule has 4 nitrogen and oxygen atoms in total. The summed E-state index contributed by atoms with van der Waals surface area (Å²) in [5.74, 6) is 0.141. The van der Waals surface area contributed by atoms with Gasteiger partial charge in [0.2, 0.25) is 0 Å². The van der Waals surface area contributed by atoms with Crippen molar-refractivity contribution in [2.24, 2.45) is 0 Å². The van der Waals surface area contributed by atoms with E-state index in [2.05, 4.69) is 48.7 Å². The molecule has 1 aromatic rings. The first kappa shape index (κ1) is 14.7. The number of halogens is 2. The Bertz CT molecular complexity index is 513. The zero-order valence-corrected chi connectivity index (χ0v) is 14.9. The Balaban J connectivity index is 1.61.